The minimum atomic E-state index is -0.500. The van der Waals surface area contributed by atoms with Crippen LogP contribution in [0.25, 0.3) is 0 Å². The van der Waals surface area contributed by atoms with Crippen LogP contribution in [-0.4, -0.2) is 10.7 Å². The quantitative estimate of drug-likeness (QED) is 0.195. The van der Waals surface area contributed by atoms with E-state index in [0.717, 1.165) is 0 Å². The lowest BCUT2D eigenvalue weighted by atomic mass is 10.2. The molecule has 6 aromatic carbocycles. The summed E-state index contributed by atoms with van der Waals surface area (Å²) >= 11 is 0. The minimum absolute atomic E-state index is 0.446. The van der Waals surface area contributed by atoms with E-state index in [2.05, 4.69) is 182 Å². The van der Waals surface area contributed by atoms with Gasteiger partial charge in [0.25, 0.3) is 0 Å². The fraction of sp³-hybridized carbons (Fsp3) is 0.100. The Morgan fingerprint density at radius 1 is 0.302 bits per heavy atom. The van der Waals surface area contributed by atoms with Crippen LogP contribution in [-0.2, 0) is 0 Å². The van der Waals surface area contributed by atoms with Gasteiger partial charge in [0.05, 0.1) is 5.60 Å². The molecule has 0 unspecified atom stereocenters. The van der Waals surface area contributed by atoms with Gasteiger partial charge >= 0.3 is 0 Å². The molecule has 216 valence electrons. The molecular formula is C40H40OP2. The van der Waals surface area contributed by atoms with Gasteiger partial charge in [-0.1, -0.05) is 182 Å². The summed E-state index contributed by atoms with van der Waals surface area (Å²) in [5.41, 5.74) is -0.500. The molecule has 0 bridgehead atoms. The maximum atomic E-state index is 8.52. The molecule has 0 aliphatic heterocycles. The van der Waals surface area contributed by atoms with Gasteiger partial charge < -0.3 is 5.11 Å². The Hall–Kier alpha value is -3.86. The summed E-state index contributed by atoms with van der Waals surface area (Å²) in [4.78, 5) is 0. The molecule has 0 atom stereocenters. The molecule has 1 N–H and O–H groups in total. The van der Waals surface area contributed by atoms with Crippen molar-refractivity contribution in [2.24, 2.45) is 0 Å². The molecule has 1 nitrogen and oxygen atoms in total. The average Bonchev–Trinajstić information content (AvgIpc) is 3.04. The third-order valence-corrected chi connectivity index (χ3v) is 11.0. The van der Waals surface area contributed by atoms with Crippen molar-refractivity contribution in [3.8, 4) is 0 Å². The summed E-state index contributed by atoms with van der Waals surface area (Å²) in [6.45, 7) is 5.23. The highest BCUT2D eigenvalue weighted by atomic mass is 31.1. The van der Waals surface area contributed by atoms with Crippen LogP contribution in [0.15, 0.2) is 182 Å². The zero-order valence-electron chi connectivity index (χ0n) is 25.2. The van der Waals surface area contributed by atoms with Crippen LogP contribution in [0.3, 0.4) is 0 Å². The van der Waals surface area contributed by atoms with E-state index in [4.69, 9.17) is 5.11 Å². The maximum Gasteiger partial charge on any atom is 0.0563 e. The Morgan fingerprint density at radius 2 is 0.419 bits per heavy atom. The maximum absolute atomic E-state index is 8.52. The summed E-state index contributed by atoms with van der Waals surface area (Å²) in [7, 11) is -0.892. The van der Waals surface area contributed by atoms with Crippen LogP contribution in [0.2, 0.25) is 0 Å². The van der Waals surface area contributed by atoms with Crippen LogP contribution >= 0.6 is 15.8 Å². The predicted octanol–water partition coefficient (Wildman–Crippen LogP) is 7.67. The third-order valence-electron chi connectivity index (χ3n) is 6.09. The van der Waals surface area contributed by atoms with Gasteiger partial charge in [0.2, 0.25) is 0 Å². The Bertz CT molecular complexity index is 1260. The molecule has 3 heteroatoms. The monoisotopic (exact) mass is 598 g/mol. The Balaban J connectivity index is 0.000000171. The predicted molar refractivity (Wildman–Crippen MR) is 192 cm³/mol. The zero-order valence-corrected chi connectivity index (χ0v) is 27.0. The molecule has 6 rings (SSSR count). The van der Waals surface area contributed by atoms with Gasteiger partial charge in [-0.15, -0.1) is 0 Å². The first-order valence-electron chi connectivity index (χ1n) is 14.5. The fourth-order valence-corrected chi connectivity index (χ4v) is 8.97. The Kier molecular flexibility index (Phi) is 12.4. The van der Waals surface area contributed by atoms with Gasteiger partial charge in [0.1, 0.15) is 0 Å². The van der Waals surface area contributed by atoms with E-state index in [-0.39, 0.29) is 0 Å². The highest BCUT2D eigenvalue weighted by molar-refractivity contribution is 7.80. The molecule has 6 aromatic rings. The molecule has 0 heterocycles. The fourth-order valence-electron chi connectivity index (χ4n) is 4.36. The van der Waals surface area contributed by atoms with Crippen molar-refractivity contribution in [3.05, 3.63) is 182 Å². The second-order valence-corrected chi connectivity index (χ2v) is 15.3. The lowest BCUT2D eigenvalue weighted by Gasteiger charge is -2.18. The van der Waals surface area contributed by atoms with E-state index in [1.165, 1.54) is 31.8 Å². The van der Waals surface area contributed by atoms with Gasteiger partial charge in [0.15, 0.2) is 0 Å². The van der Waals surface area contributed by atoms with Crippen molar-refractivity contribution in [1.82, 2.24) is 0 Å². The molecule has 0 aromatic heterocycles. The van der Waals surface area contributed by atoms with Crippen LogP contribution in [0.4, 0.5) is 0 Å². The molecule has 0 spiro atoms. The van der Waals surface area contributed by atoms with Crippen LogP contribution in [0, 0.1) is 0 Å². The number of hydrogen-bond acceptors (Lipinski definition) is 1. The SMILES string of the molecule is CC(C)(C)O.c1ccc(P(c2ccccc2)c2ccccc2)cc1.c1ccc(P(c2ccccc2)c2ccccc2)cc1. The molecule has 0 amide bonds. The summed E-state index contributed by atoms with van der Waals surface area (Å²) in [6, 6.07) is 64.7. The third kappa shape index (κ3) is 10.7. The highest BCUT2D eigenvalue weighted by Gasteiger charge is 2.16. The molecule has 0 radical (unpaired) electrons. The molecular weight excluding hydrogens is 558 g/mol. The smallest absolute Gasteiger partial charge is 0.0563 e. The number of rotatable bonds is 6. The summed E-state index contributed by atoms with van der Waals surface area (Å²) in [5.74, 6) is 0. The molecule has 0 saturated carbocycles. The normalized spacial score (nSPS) is 10.7. The largest absolute Gasteiger partial charge is 0.391 e. The average molecular weight is 599 g/mol. The van der Waals surface area contributed by atoms with Gasteiger partial charge in [-0.3, -0.25) is 0 Å². The Morgan fingerprint density at radius 3 is 0.535 bits per heavy atom. The summed E-state index contributed by atoms with van der Waals surface area (Å²) in [5, 5.41) is 16.9. The summed E-state index contributed by atoms with van der Waals surface area (Å²) in [6.07, 6.45) is 0. The summed E-state index contributed by atoms with van der Waals surface area (Å²) < 4.78 is 0. The zero-order chi connectivity index (χ0) is 30.3. The van der Waals surface area contributed by atoms with Crippen molar-refractivity contribution in [3.63, 3.8) is 0 Å². The lowest BCUT2D eigenvalue weighted by molar-refractivity contribution is 0.102. The standard InChI is InChI=1S/2C18H15P.C4H10O/c2*1-4-10-16(11-5-1)19(17-12-6-2-7-13-17)18-14-8-3-9-15-18;1-4(2,3)5/h2*1-15H;5H,1-3H3. The van der Waals surface area contributed by atoms with Crippen molar-refractivity contribution in [1.29, 1.82) is 0 Å². The van der Waals surface area contributed by atoms with E-state index in [1.807, 2.05) is 0 Å². The first kappa shape index (κ1) is 32.1. The molecule has 0 saturated heterocycles. The number of aliphatic hydroxyl groups is 1. The van der Waals surface area contributed by atoms with Gasteiger partial charge in [0, 0.05) is 0 Å². The minimum Gasteiger partial charge on any atom is -0.391 e. The van der Waals surface area contributed by atoms with E-state index in [1.54, 1.807) is 20.8 Å². The lowest BCUT2D eigenvalue weighted by Crippen LogP contribution is -2.20. The van der Waals surface area contributed by atoms with Crippen LogP contribution in [0.1, 0.15) is 20.8 Å². The van der Waals surface area contributed by atoms with E-state index in [0.29, 0.717) is 0 Å². The van der Waals surface area contributed by atoms with Crippen molar-refractivity contribution in [2.45, 2.75) is 26.4 Å². The molecule has 0 aliphatic rings. The van der Waals surface area contributed by atoms with Crippen LogP contribution < -0.4 is 31.8 Å². The first-order valence-corrected chi connectivity index (χ1v) is 17.2. The van der Waals surface area contributed by atoms with E-state index in [9.17, 15) is 0 Å². The van der Waals surface area contributed by atoms with Gasteiger partial charge in [-0.2, -0.15) is 0 Å². The van der Waals surface area contributed by atoms with Gasteiger partial charge in [-0.25, -0.2) is 0 Å². The second-order valence-electron chi connectivity index (χ2n) is 10.9. The molecule has 43 heavy (non-hydrogen) atoms. The molecule has 0 fully saturated rings. The topological polar surface area (TPSA) is 20.2 Å². The highest BCUT2D eigenvalue weighted by Crippen LogP contribution is 2.33. The van der Waals surface area contributed by atoms with Crippen molar-refractivity contribution >= 4 is 47.7 Å². The van der Waals surface area contributed by atoms with Crippen LogP contribution in [0.5, 0.6) is 0 Å². The number of benzene rings is 6. The molecule has 0 aliphatic carbocycles. The van der Waals surface area contributed by atoms with Crippen molar-refractivity contribution < 1.29 is 5.11 Å². The Labute approximate surface area is 260 Å². The first-order chi connectivity index (χ1) is 20.9. The second kappa shape index (κ2) is 16.7. The van der Waals surface area contributed by atoms with E-state index >= 15 is 0 Å². The van der Waals surface area contributed by atoms with E-state index < -0.39 is 21.4 Å². The van der Waals surface area contributed by atoms with Gasteiger partial charge in [-0.05, 0) is 68.4 Å². The number of hydrogen-bond donors (Lipinski definition) is 1. The van der Waals surface area contributed by atoms with Crippen molar-refractivity contribution in [2.75, 3.05) is 0 Å².